The summed E-state index contributed by atoms with van der Waals surface area (Å²) in [4.78, 5) is 37.8. The smallest absolute Gasteiger partial charge is 0.277 e. The maximum atomic E-state index is 12.6. The highest BCUT2D eigenvalue weighted by Gasteiger charge is 2.47. The van der Waals surface area contributed by atoms with Gasteiger partial charge in [-0.05, 0) is 30.7 Å². The van der Waals surface area contributed by atoms with Crippen LogP contribution in [0.3, 0.4) is 0 Å². The highest BCUT2D eigenvalue weighted by Crippen LogP contribution is 2.46. The quantitative estimate of drug-likeness (QED) is 0.864. The Hall–Kier alpha value is -2.17. The molecule has 1 aromatic carbocycles. The molecule has 0 radical (unpaired) electrons. The Morgan fingerprint density at radius 3 is 2.62 bits per heavy atom. The second kappa shape index (κ2) is 4.69. The van der Waals surface area contributed by atoms with Gasteiger partial charge < -0.3 is 0 Å². The Labute approximate surface area is 123 Å². The first-order valence-electron chi connectivity index (χ1n) is 7.12. The zero-order chi connectivity index (χ0) is 15.2. The van der Waals surface area contributed by atoms with Gasteiger partial charge in [-0.3, -0.25) is 19.8 Å². The number of hydrogen-bond donors (Lipinski definition) is 1. The molecule has 21 heavy (non-hydrogen) atoms. The number of rotatable bonds is 3. The van der Waals surface area contributed by atoms with Crippen LogP contribution < -0.4 is 5.32 Å². The van der Waals surface area contributed by atoms with Crippen molar-refractivity contribution in [1.82, 2.24) is 10.2 Å². The average Bonchev–Trinajstić information content (AvgIpc) is 3.13. The van der Waals surface area contributed by atoms with Crippen LogP contribution in [-0.2, 0) is 9.59 Å². The SMILES string of the molecule is Cc1cccc(C2C(=O)NC(=O)N(CC3(C)CC3)C2=O)c1. The molecule has 0 spiro atoms. The Morgan fingerprint density at radius 1 is 1.29 bits per heavy atom. The van der Waals surface area contributed by atoms with Crippen LogP contribution in [0.1, 0.15) is 36.8 Å². The molecule has 110 valence electrons. The molecule has 5 nitrogen and oxygen atoms in total. The Morgan fingerprint density at radius 2 is 2.00 bits per heavy atom. The minimum absolute atomic E-state index is 0.0184. The van der Waals surface area contributed by atoms with Gasteiger partial charge in [0.25, 0.3) is 0 Å². The molecule has 1 unspecified atom stereocenters. The number of imide groups is 2. The maximum absolute atomic E-state index is 12.6. The van der Waals surface area contributed by atoms with E-state index in [0.717, 1.165) is 18.4 Å². The molecular weight excluding hydrogens is 268 g/mol. The molecular formula is C16H18N2O3. The van der Waals surface area contributed by atoms with Crippen LogP contribution in [0, 0.1) is 12.3 Å². The van der Waals surface area contributed by atoms with Crippen molar-refractivity contribution in [1.29, 1.82) is 0 Å². The number of hydrogen-bond acceptors (Lipinski definition) is 3. The first-order chi connectivity index (χ1) is 9.89. The van der Waals surface area contributed by atoms with Gasteiger partial charge in [-0.15, -0.1) is 0 Å². The first kappa shape index (κ1) is 13.8. The fraction of sp³-hybridized carbons (Fsp3) is 0.438. The summed E-state index contributed by atoms with van der Waals surface area (Å²) in [6, 6.07) is 6.69. The lowest BCUT2D eigenvalue weighted by Gasteiger charge is -2.32. The number of aryl methyl sites for hydroxylation is 1. The summed E-state index contributed by atoms with van der Waals surface area (Å²) in [6.07, 6.45) is 2.01. The summed E-state index contributed by atoms with van der Waals surface area (Å²) in [7, 11) is 0. The van der Waals surface area contributed by atoms with E-state index in [1.807, 2.05) is 32.0 Å². The molecule has 1 aliphatic carbocycles. The van der Waals surface area contributed by atoms with Crippen molar-refractivity contribution < 1.29 is 14.4 Å². The third-order valence-corrected chi connectivity index (χ3v) is 4.27. The fourth-order valence-electron chi connectivity index (χ4n) is 2.66. The minimum atomic E-state index is -0.926. The van der Waals surface area contributed by atoms with Gasteiger partial charge in [-0.1, -0.05) is 36.8 Å². The number of amides is 4. The van der Waals surface area contributed by atoms with E-state index >= 15 is 0 Å². The van der Waals surface area contributed by atoms with Crippen molar-refractivity contribution in [2.45, 2.75) is 32.6 Å². The van der Waals surface area contributed by atoms with Crippen molar-refractivity contribution in [2.24, 2.45) is 5.41 Å². The molecule has 2 fully saturated rings. The molecule has 2 aliphatic rings. The zero-order valence-corrected chi connectivity index (χ0v) is 12.2. The van der Waals surface area contributed by atoms with Crippen molar-refractivity contribution in [3.8, 4) is 0 Å². The van der Waals surface area contributed by atoms with Gasteiger partial charge in [-0.2, -0.15) is 0 Å². The molecule has 1 saturated carbocycles. The van der Waals surface area contributed by atoms with Gasteiger partial charge in [0.15, 0.2) is 0 Å². The summed E-state index contributed by atoms with van der Waals surface area (Å²) >= 11 is 0. The number of carbonyl (C=O) groups excluding carboxylic acids is 3. The molecule has 1 aromatic rings. The highest BCUT2D eigenvalue weighted by molar-refractivity contribution is 6.19. The molecule has 4 amide bonds. The van der Waals surface area contributed by atoms with Crippen LogP contribution in [0.15, 0.2) is 24.3 Å². The van der Waals surface area contributed by atoms with E-state index in [4.69, 9.17) is 0 Å². The third kappa shape index (κ3) is 2.55. The lowest BCUT2D eigenvalue weighted by atomic mass is 9.93. The number of benzene rings is 1. The Bertz CT molecular complexity index is 634. The van der Waals surface area contributed by atoms with E-state index in [0.29, 0.717) is 12.1 Å². The number of nitrogens with one attached hydrogen (secondary N) is 1. The Balaban J connectivity index is 1.90. The number of nitrogens with zero attached hydrogens (tertiary/aromatic N) is 1. The molecule has 1 saturated heterocycles. The Kier molecular flexibility index (Phi) is 3.08. The lowest BCUT2D eigenvalue weighted by molar-refractivity contribution is -0.139. The minimum Gasteiger partial charge on any atom is -0.277 e. The van der Waals surface area contributed by atoms with Crippen LogP contribution in [0.25, 0.3) is 0 Å². The largest absolute Gasteiger partial charge is 0.330 e. The van der Waals surface area contributed by atoms with E-state index in [-0.39, 0.29) is 5.41 Å². The molecule has 1 heterocycles. The average molecular weight is 286 g/mol. The standard InChI is InChI=1S/C16H18N2O3/c1-10-4-3-5-11(8-10)12-13(19)17-15(21)18(14(12)20)9-16(2)6-7-16/h3-5,8,12H,6-7,9H2,1-2H3,(H,17,19,21). The molecule has 3 rings (SSSR count). The van der Waals surface area contributed by atoms with Gasteiger partial charge in [-0.25, -0.2) is 4.79 Å². The van der Waals surface area contributed by atoms with Crippen molar-refractivity contribution in [3.63, 3.8) is 0 Å². The normalized spacial score (nSPS) is 24.0. The summed E-state index contributed by atoms with van der Waals surface area (Å²) in [5.74, 6) is -1.87. The summed E-state index contributed by atoms with van der Waals surface area (Å²) in [5, 5.41) is 2.31. The maximum Gasteiger partial charge on any atom is 0.330 e. The predicted molar refractivity (Wildman–Crippen MR) is 76.5 cm³/mol. The van der Waals surface area contributed by atoms with Crippen LogP contribution in [-0.4, -0.2) is 29.3 Å². The van der Waals surface area contributed by atoms with Gasteiger partial charge in [0.2, 0.25) is 11.8 Å². The summed E-state index contributed by atoms with van der Waals surface area (Å²) < 4.78 is 0. The lowest BCUT2D eigenvalue weighted by Crippen LogP contribution is -2.57. The van der Waals surface area contributed by atoms with Crippen LogP contribution >= 0.6 is 0 Å². The topological polar surface area (TPSA) is 66.5 Å². The molecule has 5 heteroatoms. The van der Waals surface area contributed by atoms with Crippen LogP contribution in [0.5, 0.6) is 0 Å². The van der Waals surface area contributed by atoms with Gasteiger partial charge >= 0.3 is 6.03 Å². The van der Waals surface area contributed by atoms with Crippen molar-refractivity contribution >= 4 is 17.8 Å². The highest BCUT2D eigenvalue weighted by atomic mass is 16.2. The van der Waals surface area contributed by atoms with E-state index in [2.05, 4.69) is 5.32 Å². The monoisotopic (exact) mass is 286 g/mol. The van der Waals surface area contributed by atoms with E-state index in [9.17, 15) is 14.4 Å². The van der Waals surface area contributed by atoms with E-state index in [1.165, 1.54) is 4.90 Å². The van der Waals surface area contributed by atoms with Gasteiger partial charge in [0, 0.05) is 6.54 Å². The van der Waals surface area contributed by atoms with Crippen LogP contribution in [0.4, 0.5) is 4.79 Å². The molecule has 1 atom stereocenters. The van der Waals surface area contributed by atoms with E-state index in [1.54, 1.807) is 6.07 Å². The van der Waals surface area contributed by atoms with Crippen molar-refractivity contribution in [2.75, 3.05) is 6.54 Å². The number of urea groups is 1. The second-order valence-electron chi connectivity index (χ2n) is 6.38. The predicted octanol–water partition coefficient (Wildman–Crippen LogP) is 1.96. The number of barbiturate groups is 1. The molecule has 0 bridgehead atoms. The second-order valence-corrected chi connectivity index (χ2v) is 6.38. The summed E-state index contributed by atoms with van der Waals surface area (Å²) in [6.45, 7) is 4.34. The van der Waals surface area contributed by atoms with Crippen molar-refractivity contribution in [3.05, 3.63) is 35.4 Å². The van der Waals surface area contributed by atoms with Gasteiger partial charge in [0.05, 0.1) is 0 Å². The van der Waals surface area contributed by atoms with E-state index < -0.39 is 23.8 Å². The molecule has 1 N–H and O–H groups in total. The van der Waals surface area contributed by atoms with Gasteiger partial charge in [0.1, 0.15) is 5.92 Å². The third-order valence-electron chi connectivity index (χ3n) is 4.27. The number of carbonyl (C=O) groups is 3. The molecule has 1 aliphatic heterocycles. The molecule has 0 aromatic heterocycles. The summed E-state index contributed by atoms with van der Waals surface area (Å²) in [5.41, 5.74) is 1.63. The van der Waals surface area contributed by atoms with Crippen LogP contribution in [0.2, 0.25) is 0 Å². The first-order valence-corrected chi connectivity index (χ1v) is 7.12. The fourth-order valence-corrected chi connectivity index (χ4v) is 2.66. The zero-order valence-electron chi connectivity index (χ0n) is 12.2.